The van der Waals surface area contributed by atoms with Gasteiger partial charge in [-0.25, -0.2) is 4.79 Å². The molecule has 0 aliphatic carbocycles. The van der Waals surface area contributed by atoms with E-state index in [0.717, 1.165) is 0 Å². The van der Waals surface area contributed by atoms with E-state index < -0.39 is 42.4 Å². The van der Waals surface area contributed by atoms with Crippen molar-refractivity contribution < 1.29 is 29.4 Å². The maximum absolute atomic E-state index is 11.6. The third-order valence-electron chi connectivity index (χ3n) is 3.22. The standard InChI is InChI=1S/C13H23N3O6/c1-3-7(2)11(13(21)22)16-9(17)6-15-12(20)8(14)4-5-10(18)19/h7-8,11H,3-6,14H2,1-2H3,(H,15,20)(H,16,17)(H,18,19)(H,21,22)/t7-,8-,11-/m0/s1. The van der Waals surface area contributed by atoms with Gasteiger partial charge in [0.1, 0.15) is 6.04 Å². The lowest BCUT2D eigenvalue weighted by atomic mass is 9.99. The normalized spacial score (nSPS) is 14.5. The highest BCUT2D eigenvalue weighted by atomic mass is 16.4. The molecule has 0 aromatic rings. The smallest absolute Gasteiger partial charge is 0.326 e. The summed E-state index contributed by atoms with van der Waals surface area (Å²) in [5, 5.41) is 22.1. The molecule has 0 spiro atoms. The lowest BCUT2D eigenvalue weighted by Gasteiger charge is -2.20. The molecule has 2 amide bonds. The average Bonchev–Trinajstić information content (AvgIpc) is 2.46. The van der Waals surface area contributed by atoms with Crippen molar-refractivity contribution >= 4 is 23.8 Å². The molecular weight excluding hydrogens is 294 g/mol. The van der Waals surface area contributed by atoms with E-state index in [4.69, 9.17) is 15.9 Å². The van der Waals surface area contributed by atoms with E-state index >= 15 is 0 Å². The lowest BCUT2D eigenvalue weighted by molar-refractivity contribution is -0.143. The molecule has 9 nitrogen and oxygen atoms in total. The van der Waals surface area contributed by atoms with Gasteiger partial charge < -0.3 is 26.6 Å². The van der Waals surface area contributed by atoms with Crippen LogP contribution in [-0.4, -0.2) is 52.6 Å². The Morgan fingerprint density at radius 1 is 1.18 bits per heavy atom. The first-order valence-electron chi connectivity index (χ1n) is 6.96. The van der Waals surface area contributed by atoms with Gasteiger partial charge in [-0.1, -0.05) is 20.3 Å². The molecule has 0 aliphatic rings. The van der Waals surface area contributed by atoms with Crippen LogP contribution in [0.15, 0.2) is 0 Å². The van der Waals surface area contributed by atoms with Crippen molar-refractivity contribution in [2.45, 2.75) is 45.2 Å². The fourth-order valence-corrected chi connectivity index (χ4v) is 1.62. The van der Waals surface area contributed by atoms with Crippen LogP contribution in [0.1, 0.15) is 33.1 Å². The molecule has 9 heteroatoms. The minimum Gasteiger partial charge on any atom is -0.481 e. The Balaban J connectivity index is 4.29. The van der Waals surface area contributed by atoms with Gasteiger partial charge in [-0.3, -0.25) is 14.4 Å². The number of carboxylic acid groups (broad SMARTS) is 2. The molecule has 126 valence electrons. The fraction of sp³-hybridized carbons (Fsp3) is 0.692. The molecular formula is C13H23N3O6. The third-order valence-corrected chi connectivity index (χ3v) is 3.22. The van der Waals surface area contributed by atoms with E-state index in [1.807, 2.05) is 0 Å². The first-order valence-corrected chi connectivity index (χ1v) is 6.96. The highest BCUT2D eigenvalue weighted by Gasteiger charge is 2.25. The highest BCUT2D eigenvalue weighted by Crippen LogP contribution is 2.07. The zero-order chi connectivity index (χ0) is 17.3. The molecule has 0 bridgehead atoms. The fourth-order valence-electron chi connectivity index (χ4n) is 1.62. The molecule has 0 fully saturated rings. The quantitative estimate of drug-likeness (QED) is 0.342. The van der Waals surface area contributed by atoms with Crippen molar-refractivity contribution in [3.63, 3.8) is 0 Å². The van der Waals surface area contributed by atoms with E-state index in [1.54, 1.807) is 13.8 Å². The van der Waals surface area contributed by atoms with Gasteiger partial charge in [-0.15, -0.1) is 0 Å². The molecule has 0 aliphatic heterocycles. The molecule has 6 N–H and O–H groups in total. The molecule has 0 heterocycles. The van der Waals surface area contributed by atoms with Crippen molar-refractivity contribution in [3.05, 3.63) is 0 Å². The number of nitrogens with one attached hydrogen (secondary N) is 2. The van der Waals surface area contributed by atoms with Crippen LogP contribution in [0.25, 0.3) is 0 Å². The summed E-state index contributed by atoms with van der Waals surface area (Å²) < 4.78 is 0. The molecule has 0 saturated carbocycles. The van der Waals surface area contributed by atoms with E-state index in [1.165, 1.54) is 0 Å². The second-order valence-electron chi connectivity index (χ2n) is 5.03. The van der Waals surface area contributed by atoms with Crippen molar-refractivity contribution in [1.29, 1.82) is 0 Å². The molecule has 3 atom stereocenters. The van der Waals surface area contributed by atoms with Crippen LogP contribution in [0.4, 0.5) is 0 Å². The van der Waals surface area contributed by atoms with E-state index in [9.17, 15) is 19.2 Å². The number of hydrogen-bond acceptors (Lipinski definition) is 5. The summed E-state index contributed by atoms with van der Waals surface area (Å²) in [5.74, 6) is -3.78. The van der Waals surface area contributed by atoms with E-state index in [-0.39, 0.29) is 18.8 Å². The first kappa shape index (κ1) is 19.8. The highest BCUT2D eigenvalue weighted by molar-refractivity contribution is 5.89. The van der Waals surface area contributed by atoms with Crippen molar-refractivity contribution in [2.24, 2.45) is 11.7 Å². The maximum Gasteiger partial charge on any atom is 0.326 e. The van der Waals surface area contributed by atoms with Crippen LogP contribution in [0.2, 0.25) is 0 Å². The number of rotatable bonds is 10. The topological polar surface area (TPSA) is 159 Å². The van der Waals surface area contributed by atoms with Crippen molar-refractivity contribution in [2.75, 3.05) is 6.54 Å². The van der Waals surface area contributed by atoms with Gasteiger partial charge in [0.25, 0.3) is 0 Å². The Morgan fingerprint density at radius 2 is 1.77 bits per heavy atom. The number of amides is 2. The van der Waals surface area contributed by atoms with Crippen molar-refractivity contribution in [1.82, 2.24) is 10.6 Å². The van der Waals surface area contributed by atoms with Crippen LogP contribution < -0.4 is 16.4 Å². The Bertz CT molecular complexity index is 426. The molecule has 0 unspecified atom stereocenters. The first-order chi connectivity index (χ1) is 10.2. The Labute approximate surface area is 128 Å². The number of carboxylic acids is 2. The minimum atomic E-state index is -1.15. The van der Waals surface area contributed by atoms with Gasteiger partial charge in [0.15, 0.2) is 0 Å². The molecule has 0 aromatic heterocycles. The second kappa shape index (κ2) is 9.72. The van der Waals surface area contributed by atoms with Crippen LogP contribution >= 0.6 is 0 Å². The summed E-state index contributed by atoms with van der Waals surface area (Å²) in [7, 11) is 0. The summed E-state index contributed by atoms with van der Waals surface area (Å²) in [6.07, 6.45) is 0.271. The number of carbonyl (C=O) groups is 4. The zero-order valence-corrected chi connectivity index (χ0v) is 12.7. The number of aliphatic carboxylic acids is 2. The summed E-state index contributed by atoms with van der Waals surface area (Å²) in [6.45, 7) is 3.08. The number of hydrogen-bond donors (Lipinski definition) is 5. The zero-order valence-electron chi connectivity index (χ0n) is 12.7. The van der Waals surface area contributed by atoms with Gasteiger partial charge in [0.2, 0.25) is 11.8 Å². The van der Waals surface area contributed by atoms with Crippen LogP contribution in [0.3, 0.4) is 0 Å². The minimum absolute atomic E-state index is 0.0482. The van der Waals surface area contributed by atoms with Crippen LogP contribution in [0.5, 0.6) is 0 Å². The second-order valence-corrected chi connectivity index (χ2v) is 5.03. The predicted molar refractivity (Wildman–Crippen MR) is 76.9 cm³/mol. The number of nitrogens with two attached hydrogens (primary N) is 1. The Morgan fingerprint density at radius 3 is 2.23 bits per heavy atom. The summed E-state index contributed by atoms with van der Waals surface area (Å²) >= 11 is 0. The maximum atomic E-state index is 11.6. The molecule has 0 saturated heterocycles. The van der Waals surface area contributed by atoms with Crippen LogP contribution in [-0.2, 0) is 19.2 Å². The summed E-state index contributed by atoms with van der Waals surface area (Å²) in [6, 6.07) is -2.07. The largest absolute Gasteiger partial charge is 0.481 e. The number of carbonyl (C=O) groups excluding carboxylic acids is 2. The van der Waals surface area contributed by atoms with Gasteiger partial charge in [0.05, 0.1) is 12.6 Å². The van der Waals surface area contributed by atoms with Crippen molar-refractivity contribution in [3.8, 4) is 0 Å². The molecule has 0 radical (unpaired) electrons. The van der Waals surface area contributed by atoms with Gasteiger partial charge in [-0.05, 0) is 12.3 Å². The molecule has 0 rings (SSSR count). The van der Waals surface area contributed by atoms with E-state index in [0.29, 0.717) is 6.42 Å². The average molecular weight is 317 g/mol. The summed E-state index contributed by atoms with van der Waals surface area (Å²) in [5.41, 5.74) is 5.47. The Hall–Kier alpha value is -2.16. The van der Waals surface area contributed by atoms with Gasteiger partial charge >= 0.3 is 11.9 Å². The SMILES string of the molecule is CC[C@H](C)[C@H](NC(=O)CNC(=O)[C@@H](N)CCC(=O)O)C(=O)O. The lowest BCUT2D eigenvalue weighted by Crippen LogP contribution is -2.50. The van der Waals surface area contributed by atoms with E-state index in [2.05, 4.69) is 10.6 Å². The Kier molecular flexibility index (Phi) is 8.76. The molecule has 22 heavy (non-hydrogen) atoms. The van der Waals surface area contributed by atoms with Gasteiger partial charge in [-0.2, -0.15) is 0 Å². The predicted octanol–water partition coefficient (Wildman–Crippen LogP) is -1.09. The summed E-state index contributed by atoms with van der Waals surface area (Å²) in [4.78, 5) is 44.6. The van der Waals surface area contributed by atoms with Crippen LogP contribution in [0, 0.1) is 5.92 Å². The monoisotopic (exact) mass is 317 g/mol. The third kappa shape index (κ3) is 7.58. The molecule has 0 aromatic carbocycles. The van der Waals surface area contributed by atoms with Gasteiger partial charge in [0, 0.05) is 6.42 Å².